The van der Waals surface area contributed by atoms with E-state index in [0.717, 1.165) is 9.60 Å². The first-order valence-electron chi connectivity index (χ1n) is 13.4. The van der Waals surface area contributed by atoms with Crippen LogP contribution in [0.5, 0.6) is 5.75 Å². The zero-order valence-corrected chi connectivity index (χ0v) is 26.4. The normalized spacial score (nSPS) is 12.6. The molecule has 5 rings (SSSR count). The van der Waals surface area contributed by atoms with Gasteiger partial charge in [-0.1, -0.05) is 36.4 Å². The molecule has 0 aliphatic carbocycles. The molecule has 0 unspecified atom stereocenters. The van der Waals surface area contributed by atoms with Gasteiger partial charge >= 0.3 is 15.6 Å². The smallest absolute Gasteiger partial charge is 0.468 e. The van der Waals surface area contributed by atoms with E-state index in [4.69, 9.17) is 18.1 Å². The molecule has 1 aromatic heterocycles. The summed E-state index contributed by atoms with van der Waals surface area (Å²) < 4.78 is 85.0. The van der Waals surface area contributed by atoms with E-state index in [1.54, 1.807) is 72.8 Å². The Labute approximate surface area is 263 Å². The summed E-state index contributed by atoms with van der Waals surface area (Å²) in [5, 5.41) is 0.501. The first kappa shape index (κ1) is 32.4. The van der Waals surface area contributed by atoms with Gasteiger partial charge in [0, 0.05) is 33.9 Å². The third kappa shape index (κ3) is 6.56. The number of rotatable bonds is 12. The standard InChI is InChI=1S/C31H27F3N2O6S3/c1-3-40-21-41-23-15-16-26-28(19-23)43-30(35-26)22-14-17-27(36(2)20-37)29(18-22)44(24-10-6-4-7-11-24,25-12-8-5-9-13-25)42-45(38,39)31(32,33)34/h4-20H,3,21H2,1-2H3. The van der Waals surface area contributed by atoms with E-state index >= 15 is 0 Å². The Bertz CT molecular complexity index is 1860. The molecule has 5 aromatic rings. The molecule has 0 N–H and O–H groups in total. The molecule has 45 heavy (non-hydrogen) atoms. The van der Waals surface area contributed by atoms with Crippen molar-refractivity contribution in [2.75, 3.05) is 25.3 Å². The van der Waals surface area contributed by atoms with Gasteiger partial charge in [0.05, 0.1) is 15.9 Å². The number of benzene rings is 4. The number of fused-ring (bicyclic) bond motifs is 1. The fourth-order valence-electron chi connectivity index (χ4n) is 4.44. The number of carbonyl (C=O) groups is 1. The summed E-state index contributed by atoms with van der Waals surface area (Å²) in [5.41, 5.74) is -4.45. The third-order valence-corrected chi connectivity index (χ3v) is 12.5. The molecular formula is C31H27F3N2O6S3. The molecule has 0 aliphatic heterocycles. The summed E-state index contributed by atoms with van der Waals surface area (Å²) in [6.07, 6.45) is 0.485. The maximum Gasteiger partial charge on any atom is 0.524 e. The Balaban J connectivity index is 1.79. The van der Waals surface area contributed by atoms with Gasteiger partial charge in [-0.25, -0.2) is 4.98 Å². The van der Waals surface area contributed by atoms with Crippen molar-refractivity contribution in [1.29, 1.82) is 0 Å². The summed E-state index contributed by atoms with van der Waals surface area (Å²) in [4.78, 5) is 18.3. The molecule has 0 bridgehead atoms. The van der Waals surface area contributed by atoms with Crippen LogP contribution in [0.1, 0.15) is 6.92 Å². The monoisotopic (exact) mass is 676 g/mol. The van der Waals surface area contributed by atoms with E-state index in [1.807, 2.05) is 6.92 Å². The average Bonchev–Trinajstić information content (AvgIpc) is 3.47. The van der Waals surface area contributed by atoms with Gasteiger partial charge in [-0.2, -0.15) is 25.2 Å². The van der Waals surface area contributed by atoms with Crippen molar-refractivity contribution in [3.05, 3.63) is 97.1 Å². The number of carbonyl (C=O) groups excluding carboxylic acids is 1. The summed E-state index contributed by atoms with van der Waals surface area (Å²) in [5.74, 6) is 0.567. The molecular weight excluding hydrogens is 650 g/mol. The first-order chi connectivity index (χ1) is 21.5. The van der Waals surface area contributed by atoms with Crippen LogP contribution in [0.4, 0.5) is 18.9 Å². The third-order valence-electron chi connectivity index (χ3n) is 6.55. The van der Waals surface area contributed by atoms with Gasteiger partial charge in [-0.05, 0) is 77.9 Å². The van der Waals surface area contributed by atoms with Crippen LogP contribution in [-0.2, 0) is 23.3 Å². The van der Waals surface area contributed by atoms with Crippen molar-refractivity contribution < 1.29 is 39.5 Å². The molecule has 0 atom stereocenters. The van der Waals surface area contributed by atoms with Crippen molar-refractivity contribution in [1.82, 2.24) is 4.98 Å². The lowest BCUT2D eigenvalue weighted by Crippen LogP contribution is -2.28. The Morgan fingerprint density at radius 2 is 1.56 bits per heavy atom. The number of thiazole rings is 1. The number of amides is 1. The fourth-order valence-corrected chi connectivity index (χ4v) is 10.4. The highest BCUT2D eigenvalue weighted by Gasteiger charge is 2.53. The quantitative estimate of drug-likeness (QED) is 0.0572. The largest absolute Gasteiger partial charge is 0.524 e. The predicted octanol–water partition coefficient (Wildman–Crippen LogP) is 7.99. The van der Waals surface area contributed by atoms with Crippen molar-refractivity contribution in [3.63, 3.8) is 0 Å². The SMILES string of the molecule is CCOCOc1ccc2nc(-c3ccc(N(C)C=O)c(S(OS(=O)(=O)C(F)(F)F)(c4ccccc4)c4ccccc4)c3)sc2c1. The molecule has 0 radical (unpaired) electrons. The van der Waals surface area contributed by atoms with Crippen molar-refractivity contribution in [3.8, 4) is 16.3 Å². The van der Waals surface area contributed by atoms with Crippen LogP contribution in [0, 0.1) is 0 Å². The first-order valence-corrected chi connectivity index (χ1v) is 17.2. The molecule has 0 spiro atoms. The van der Waals surface area contributed by atoms with Crippen LogP contribution >= 0.6 is 21.6 Å². The Morgan fingerprint density at radius 3 is 2.13 bits per heavy atom. The highest BCUT2D eigenvalue weighted by molar-refractivity contribution is 8.33. The van der Waals surface area contributed by atoms with E-state index in [-0.39, 0.29) is 27.2 Å². The second-order valence-electron chi connectivity index (χ2n) is 9.45. The van der Waals surface area contributed by atoms with Crippen LogP contribution in [0.15, 0.2) is 112 Å². The molecule has 1 amide bonds. The molecule has 236 valence electrons. The topological polar surface area (TPSA) is 95.0 Å². The van der Waals surface area contributed by atoms with Gasteiger partial charge in [0.25, 0.3) is 0 Å². The zero-order chi connectivity index (χ0) is 32.2. The van der Waals surface area contributed by atoms with Gasteiger partial charge in [-0.3, -0.25) is 4.79 Å². The molecule has 1 heterocycles. The van der Waals surface area contributed by atoms with Crippen LogP contribution < -0.4 is 9.64 Å². The maximum atomic E-state index is 14.0. The van der Waals surface area contributed by atoms with E-state index in [0.29, 0.717) is 34.9 Å². The lowest BCUT2D eigenvalue weighted by Gasteiger charge is -2.41. The van der Waals surface area contributed by atoms with Gasteiger partial charge in [0.15, 0.2) is 6.79 Å². The number of hydrogen-bond acceptors (Lipinski definition) is 8. The molecule has 4 aromatic carbocycles. The van der Waals surface area contributed by atoms with Crippen LogP contribution in [0.25, 0.3) is 20.8 Å². The Kier molecular flexibility index (Phi) is 9.51. The predicted molar refractivity (Wildman–Crippen MR) is 168 cm³/mol. The molecule has 0 fully saturated rings. The number of nitrogens with zero attached hydrogens (tertiary/aromatic N) is 2. The van der Waals surface area contributed by atoms with Crippen LogP contribution in [0.3, 0.4) is 0 Å². The van der Waals surface area contributed by atoms with Crippen molar-refractivity contribution in [2.45, 2.75) is 27.1 Å². The average molecular weight is 677 g/mol. The summed E-state index contributed by atoms with van der Waals surface area (Å²) in [6.45, 7) is 2.42. The second kappa shape index (κ2) is 13.2. The Hall–Kier alpha value is -3.95. The van der Waals surface area contributed by atoms with Gasteiger partial charge in [-0.15, -0.1) is 11.3 Å². The number of aromatic nitrogens is 1. The second-order valence-corrected chi connectivity index (χ2v) is 14.9. The highest BCUT2D eigenvalue weighted by Crippen LogP contribution is 2.72. The Morgan fingerprint density at radius 1 is 0.911 bits per heavy atom. The van der Waals surface area contributed by atoms with Gasteiger partial charge < -0.3 is 14.4 Å². The molecule has 0 saturated carbocycles. The molecule has 14 heteroatoms. The maximum absolute atomic E-state index is 14.0. The highest BCUT2D eigenvalue weighted by atomic mass is 32.3. The van der Waals surface area contributed by atoms with E-state index < -0.39 is 25.9 Å². The minimum absolute atomic E-state index is 0.0554. The van der Waals surface area contributed by atoms with E-state index in [9.17, 15) is 26.4 Å². The van der Waals surface area contributed by atoms with E-state index in [2.05, 4.69) is 0 Å². The summed E-state index contributed by atoms with van der Waals surface area (Å²) in [6, 6.07) is 25.7. The molecule has 8 nitrogen and oxygen atoms in total. The lowest BCUT2D eigenvalue weighted by molar-refractivity contribution is -0.107. The number of alkyl halides is 3. The van der Waals surface area contributed by atoms with Gasteiger partial charge in [0.2, 0.25) is 6.41 Å². The van der Waals surface area contributed by atoms with Crippen LogP contribution in [0.2, 0.25) is 0 Å². The number of anilines is 1. The minimum atomic E-state index is -6.17. The van der Waals surface area contributed by atoms with Gasteiger partial charge in [0.1, 0.15) is 10.8 Å². The summed E-state index contributed by atoms with van der Waals surface area (Å²) >= 11 is 1.31. The van der Waals surface area contributed by atoms with Crippen LogP contribution in [-0.4, -0.2) is 45.8 Å². The lowest BCUT2D eigenvalue weighted by atomic mass is 10.2. The number of ether oxygens (including phenoxy) is 2. The molecule has 0 aliphatic rings. The van der Waals surface area contributed by atoms with Crippen molar-refractivity contribution in [2.24, 2.45) is 0 Å². The number of hydrogen-bond donors (Lipinski definition) is 0. The van der Waals surface area contributed by atoms with E-state index in [1.165, 1.54) is 42.6 Å². The number of halogens is 3. The summed E-state index contributed by atoms with van der Waals surface area (Å²) in [7, 11) is -8.45. The zero-order valence-electron chi connectivity index (χ0n) is 23.9. The fraction of sp³-hybridized carbons (Fsp3) is 0.161. The van der Waals surface area contributed by atoms with Crippen molar-refractivity contribution >= 4 is 54.1 Å². The minimum Gasteiger partial charge on any atom is -0.468 e. The molecule has 0 saturated heterocycles.